The molecule has 0 N–H and O–H groups in total. The van der Waals surface area contributed by atoms with Gasteiger partial charge in [-0.05, 0) is 87.0 Å². The summed E-state index contributed by atoms with van der Waals surface area (Å²) >= 11 is 0. The van der Waals surface area contributed by atoms with Crippen LogP contribution >= 0.6 is 0 Å². The standard InChI is InChI=1S/C56H36N4Si/c1-58-41-15-13-16-43(37-41)60-53-26-12-11-23-49(53)50-25-14-24-48(56(50)60)40-28-34-55-52(36-40)51-35-39(38-57)27-33-54(51)59(55)42-29-31-47(32-30-42)61(44-17-5-2-6-18-44,45-19-7-3-8-20-45)46-21-9-4-10-22-46/h2-37H. The minimum Gasteiger partial charge on any atom is -0.310 e. The third kappa shape index (κ3) is 5.64. The van der Waals surface area contributed by atoms with E-state index in [0.717, 1.165) is 66.1 Å². The van der Waals surface area contributed by atoms with Crippen LogP contribution in [-0.2, 0) is 0 Å². The Bertz CT molecular complexity index is 3440. The van der Waals surface area contributed by atoms with Crippen LogP contribution in [0.2, 0.25) is 0 Å². The van der Waals surface area contributed by atoms with Crippen LogP contribution in [0, 0.1) is 17.9 Å². The van der Waals surface area contributed by atoms with Crippen molar-refractivity contribution in [1.82, 2.24) is 9.13 Å². The lowest BCUT2D eigenvalue weighted by molar-refractivity contribution is 1.18. The monoisotopic (exact) mass is 792 g/mol. The summed E-state index contributed by atoms with van der Waals surface area (Å²) in [5.41, 5.74) is 9.68. The van der Waals surface area contributed by atoms with Crippen molar-refractivity contribution in [3.63, 3.8) is 0 Å². The Morgan fingerprint density at radius 3 is 1.64 bits per heavy atom. The summed E-state index contributed by atoms with van der Waals surface area (Å²) in [6.45, 7) is 7.74. The van der Waals surface area contributed by atoms with E-state index in [-0.39, 0.29) is 0 Å². The van der Waals surface area contributed by atoms with Gasteiger partial charge < -0.3 is 9.13 Å². The highest BCUT2D eigenvalue weighted by atomic mass is 28.3. The van der Waals surface area contributed by atoms with Crippen LogP contribution in [0.5, 0.6) is 0 Å². The van der Waals surface area contributed by atoms with Crippen molar-refractivity contribution >= 4 is 78.1 Å². The lowest BCUT2D eigenvalue weighted by Gasteiger charge is -2.34. The fourth-order valence-electron chi connectivity index (χ4n) is 9.68. The first-order chi connectivity index (χ1) is 30.2. The molecule has 0 atom stereocenters. The molecule has 0 amide bonds. The number of nitrogens with zero attached hydrogens (tertiary/aromatic N) is 4. The summed E-state index contributed by atoms with van der Waals surface area (Å²) in [7, 11) is -2.70. The second-order valence-electron chi connectivity index (χ2n) is 15.5. The molecular weight excluding hydrogens is 757 g/mol. The number of nitriles is 1. The van der Waals surface area contributed by atoms with Crippen molar-refractivity contribution in [1.29, 1.82) is 5.26 Å². The molecule has 0 radical (unpaired) electrons. The van der Waals surface area contributed by atoms with Gasteiger partial charge in [0.2, 0.25) is 0 Å². The summed E-state index contributed by atoms with van der Waals surface area (Å²) in [6.07, 6.45) is 0. The molecule has 0 aliphatic rings. The van der Waals surface area contributed by atoms with Gasteiger partial charge in [-0.25, -0.2) is 4.85 Å². The van der Waals surface area contributed by atoms with Crippen LogP contribution in [0.4, 0.5) is 5.69 Å². The highest BCUT2D eigenvalue weighted by Gasteiger charge is 2.41. The summed E-state index contributed by atoms with van der Waals surface area (Å²) in [5.74, 6) is 0. The number of hydrogen-bond acceptors (Lipinski definition) is 1. The molecule has 0 unspecified atom stereocenters. The SMILES string of the molecule is [C-]#[N+]c1cccc(-n2c3ccccc3c3cccc(-c4ccc5c(c4)c4cc(C#N)ccc4n5-c4ccc([Si](c5ccccc5)(c5ccccc5)c5ccccc5)cc4)c32)c1. The third-order valence-corrected chi connectivity index (χ3v) is 17.1. The van der Waals surface area contributed by atoms with E-state index in [1.54, 1.807) is 0 Å². The van der Waals surface area contributed by atoms with Gasteiger partial charge in [0.05, 0.1) is 40.3 Å². The summed E-state index contributed by atoms with van der Waals surface area (Å²) in [5, 5.41) is 19.8. The van der Waals surface area contributed by atoms with E-state index in [2.05, 4.69) is 208 Å². The number of aromatic nitrogens is 2. The summed E-state index contributed by atoms with van der Waals surface area (Å²) in [6, 6.07) is 80.3. The Morgan fingerprint density at radius 2 is 0.984 bits per heavy atom. The second kappa shape index (κ2) is 14.6. The molecule has 9 aromatic carbocycles. The third-order valence-electron chi connectivity index (χ3n) is 12.3. The minimum absolute atomic E-state index is 0.602. The van der Waals surface area contributed by atoms with E-state index in [9.17, 15) is 5.26 Å². The van der Waals surface area contributed by atoms with E-state index in [0.29, 0.717) is 11.3 Å². The minimum atomic E-state index is -2.70. The first kappa shape index (κ1) is 35.9. The Morgan fingerprint density at radius 1 is 0.426 bits per heavy atom. The van der Waals surface area contributed by atoms with E-state index < -0.39 is 8.07 Å². The molecule has 0 fully saturated rings. The average molecular weight is 793 g/mol. The molecule has 2 heterocycles. The zero-order valence-electron chi connectivity index (χ0n) is 33.1. The van der Waals surface area contributed by atoms with Crippen molar-refractivity contribution in [2.75, 3.05) is 0 Å². The van der Waals surface area contributed by atoms with Crippen LogP contribution in [0.25, 0.3) is 71.0 Å². The van der Waals surface area contributed by atoms with E-state index in [4.69, 9.17) is 6.57 Å². The number of benzene rings is 9. The number of para-hydroxylation sites is 2. The largest absolute Gasteiger partial charge is 0.310 e. The molecule has 11 aromatic rings. The maximum Gasteiger partial charge on any atom is 0.189 e. The maximum absolute atomic E-state index is 10.1. The molecule has 11 rings (SSSR count). The molecule has 2 aromatic heterocycles. The van der Waals surface area contributed by atoms with Crippen LogP contribution in [0.1, 0.15) is 5.56 Å². The quantitative estimate of drug-likeness (QED) is 0.0900. The highest BCUT2D eigenvalue weighted by Crippen LogP contribution is 2.41. The van der Waals surface area contributed by atoms with Gasteiger partial charge in [-0.2, -0.15) is 5.26 Å². The van der Waals surface area contributed by atoms with Crippen molar-refractivity contribution in [2.45, 2.75) is 0 Å². The Hall–Kier alpha value is -8.22. The van der Waals surface area contributed by atoms with Gasteiger partial charge in [0.25, 0.3) is 0 Å². The molecule has 0 saturated heterocycles. The molecule has 61 heavy (non-hydrogen) atoms. The normalized spacial score (nSPS) is 11.6. The smallest absolute Gasteiger partial charge is 0.189 e. The summed E-state index contributed by atoms with van der Waals surface area (Å²) < 4.78 is 4.63. The van der Waals surface area contributed by atoms with E-state index in [1.165, 1.54) is 20.7 Å². The molecule has 0 saturated carbocycles. The number of rotatable bonds is 7. The Labute approximate surface area is 354 Å². The average Bonchev–Trinajstić information content (AvgIpc) is 3.85. The molecule has 0 spiro atoms. The summed E-state index contributed by atoms with van der Waals surface area (Å²) in [4.78, 5) is 3.76. The zero-order valence-corrected chi connectivity index (χ0v) is 34.1. The molecular formula is C56H36N4Si. The van der Waals surface area contributed by atoms with Gasteiger partial charge in [-0.15, -0.1) is 0 Å². The van der Waals surface area contributed by atoms with Crippen molar-refractivity contribution in [2.24, 2.45) is 0 Å². The molecule has 0 bridgehead atoms. The first-order valence-electron chi connectivity index (χ1n) is 20.4. The Balaban J connectivity index is 1.12. The van der Waals surface area contributed by atoms with Gasteiger partial charge in [0, 0.05) is 38.5 Å². The zero-order chi connectivity index (χ0) is 40.9. The van der Waals surface area contributed by atoms with Crippen molar-refractivity contribution in [3.05, 3.63) is 235 Å². The van der Waals surface area contributed by atoms with E-state index >= 15 is 0 Å². The topological polar surface area (TPSA) is 38.0 Å². The molecule has 284 valence electrons. The van der Waals surface area contributed by atoms with Gasteiger partial charge in [-0.3, -0.25) is 0 Å². The fraction of sp³-hybridized carbons (Fsp3) is 0. The first-order valence-corrected chi connectivity index (χ1v) is 22.4. The van der Waals surface area contributed by atoms with Crippen LogP contribution < -0.4 is 20.7 Å². The van der Waals surface area contributed by atoms with Crippen molar-refractivity contribution in [3.8, 4) is 28.6 Å². The lowest BCUT2D eigenvalue weighted by Crippen LogP contribution is -2.74. The maximum atomic E-state index is 10.1. The van der Waals surface area contributed by atoms with E-state index in [1.807, 2.05) is 30.3 Å². The predicted octanol–water partition coefficient (Wildman–Crippen LogP) is 11.3. The lowest BCUT2D eigenvalue weighted by atomic mass is 9.99. The van der Waals surface area contributed by atoms with Crippen LogP contribution in [0.3, 0.4) is 0 Å². The van der Waals surface area contributed by atoms with Gasteiger partial charge >= 0.3 is 0 Å². The predicted molar refractivity (Wildman–Crippen MR) is 255 cm³/mol. The molecule has 0 aliphatic heterocycles. The van der Waals surface area contributed by atoms with Gasteiger partial charge in [0.1, 0.15) is 0 Å². The molecule has 0 aliphatic carbocycles. The Kier molecular flexibility index (Phi) is 8.57. The number of fused-ring (bicyclic) bond motifs is 6. The fourth-order valence-corrected chi connectivity index (χ4v) is 14.4. The van der Waals surface area contributed by atoms with Gasteiger partial charge in [-0.1, -0.05) is 158 Å². The van der Waals surface area contributed by atoms with Gasteiger partial charge in [0.15, 0.2) is 13.8 Å². The number of hydrogen-bond donors (Lipinski definition) is 0. The molecule has 5 heteroatoms. The second-order valence-corrected chi connectivity index (χ2v) is 19.3. The molecule has 4 nitrogen and oxygen atoms in total. The van der Waals surface area contributed by atoms with Crippen LogP contribution in [-0.4, -0.2) is 17.2 Å². The highest BCUT2D eigenvalue weighted by molar-refractivity contribution is 7.19. The van der Waals surface area contributed by atoms with Crippen LogP contribution in [0.15, 0.2) is 218 Å². The van der Waals surface area contributed by atoms with Crippen molar-refractivity contribution < 1.29 is 0 Å².